The Morgan fingerprint density at radius 1 is 1.26 bits per heavy atom. The normalized spacial score (nSPS) is 21.9. The quantitative estimate of drug-likeness (QED) is 0.549. The van der Waals surface area contributed by atoms with Gasteiger partial charge in [-0.05, 0) is 24.5 Å². The highest BCUT2D eigenvalue weighted by Crippen LogP contribution is 2.27. The molecular weight excluding hydrogens is 348 g/mol. The number of nitrogens with zero attached hydrogens (tertiary/aromatic N) is 1. The Bertz CT molecular complexity index is 876. The van der Waals surface area contributed by atoms with Crippen LogP contribution < -0.4 is 16.4 Å². The van der Waals surface area contributed by atoms with Gasteiger partial charge >= 0.3 is 0 Å². The molecule has 3 rings (SSSR count). The highest BCUT2D eigenvalue weighted by Gasteiger charge is 2.37. The third kappa shape index (κ3) is 4.28. The molecule has 27 heavy (non-hydrogen) atoms. The van der Waals surface area contributed by atoms with E-state index in [1.807, 2.05) is 42.1 Å². The van der Waals surface area contributed by atoms with Crippen LogP contribution in [0.4, 0.5) is 0 Å². The molecule has 3 amide bonds. The minimum Gasteiger partial charge on any atom is -0.391 e. The van der Waals surface area contributed by atoms with Gasteiger partial charge in [0.15, 0.2) is 0 Å². The van der Waals surface area contributed by atoms with Crippen LogP contribution in [0.15, 0.2) is 30.5 Å². The summed E-state index contributed by atoms with van der Waals surface area (Å²) in [7, 11) is 1.93. The maximum atomic E-state index is 12.5. The average molecular weight is 372 g/mol. The number of para-hydroxylation sites is 1. The minimum absolute atomic E-state index is 0.198. The Hall–Kier alpha value is -2.87. The van der Waals surface area contributed by atoms with Gasteiger partial charge in [-0.3, -0.25) is 14.4 Å². The first-order chi connectivity index (χ1) is 12.8. The standard InChI is InChI=1S/C19H24N4O4/c1-23-10-12(13-4-2-3-5-15(13)23)8-18(26)22-14-6-11(7-16(14)24)19(27)21-9-17(20)25/h2-5,10-11,14,16,24H,6-9H2,1H3,(H2,20,25)(H,21,27)(H,22,26)/t11-,14+,16+/m0/s1. The van der Waals surface area contributed by atoms with Crippen molar-refractivity contribution in [3.8, 4) is 0 Å². The van der Waals surface area contributed by atoms with E-state index in [1.54, 1.807) is 0 Å². The van der Waals surface area contributed by atoms with Crippen LogP contribution in [0, 0.1) is 5.92 Å². The third-order valence-corrected chi connectivity index (χ3v) is 5.01. The molecule has 1 aliphatic rings. The van der Waals surface area contributed by atoms with Gasteiger partial charge in [-0.1, -0.05) is 18.2 Å². The van der Waals surface area contributed by atoms with Gasteiger partial charge in [0, 0.05) is 30.1 Å². The van der Waals surface area contributed by atoms with Crippen molar-refractivity contribution in [1.29, 1.82) is 0 Å². The van der Waals surface area contributed by atoms with E-state index in [0.29, 0.717) is 6.42 Å². The number of aryl methyl sites for hydroxylation is 1. The molecule has 1 aliphatic carbocycles. The van der Waals surface area contributed by atoms with Crippen LogP contribution in [0.5, 0.6) is 0 Å². The summed E-state index contributed by atoms with van der Waals surface area (Å²) in [5.41, 5.74) is 6.97. The molecule has 0 saturated heterocycles. The lowest BCUT2D eigenvalue weighted by atomic mass is 10.1. The van der Waals surface area contributed by atoms with Crippen molar-refractivity contribution >= 4 is 28.6 Å². The van der Waals surface area contributed by atoms with Gasteiger partial charge in [0.25, 0.3) is 0 Å². The Balaban J connectivity index is 1.59. The van der Waals surface area contributed by atoms with Crippen LogP contribution in [-0.2, 0) is 27.9 Å². The fraction of sp³-hybridized carbons (Fsp3) is 0.421. The summed E-state index contributed by atoms with van der Waals surface area (Å²) in [5, 5.41) is 16.5. The molecule has 1 saturated carbocycles. The van der Waals surface area contributed by atoms with E-state index in [2.05, 4.69) is 10.6 Å². The third-order valence-electron chi connectivity index (χ3n) is 5.01. The molecule has 0 bridgehead atoms. The molecule has 2 aromatic rings. The highest BCUT2D eigenvalue weighted by molar-refractivity contribution is 5.89. The summed E-state index contributed by atoms with van der Waals surface area (Å²) >= 11 is 0. The van der Waals surface area contributed by atoms with E-state index >= 15 is 0 Å². The fourth-order valence-corrected chi connectivity index (χ4v) is 3.70. The molecule has 0 unspecified atom stereocenters. The Kier molecular flexibility index (Phi) is 5.46. The van der Waals surface area contributed by atoms with Gasteiger partial charge < -0.3 is 26.0 Å². The summed E-state index contributed by atoms with van der Waals surface area (Å²) in [5.74, 6) is -1.61. The number of carbonyl (C=O) groups is 3. The summed E-state index contributed by atoms with van der Waals surface area (Å²) in [6.45, 7) is -0.233. The zero-order valence-corrected chi connectivity index (χ0v) is 15.1. The number of aliphatic hydroxyl groups excluding tert-OH is 1. The molecule has 5 N–H and O–H groups in total. The predicted octanol–water partition coefficient (Wildman–Crippen LogP) is -0.422. The van der Waals surface area contributed by atoms with Crippen LogP contribution in [0.25, 0.3) is 10.9 Å². The molecule has 144 valence electrons. The Labute approximate surface area is 156 Å². The number of carbonyl (C=O) groups excluding carboxylic acids is 3. The Morgan fingerprint density at radius 3 is 2.74 bits per heavy atom. The largest absolute Gasteiger partial charge is 0.391 e. The van der Waals surface area contributed by atoms with Crippen molar-refractivity contribution in [2.45, 2.75) is 31.4 Å². The fourth-order valence-electron chi connectivity index (χ4n) is 3.70. The second-order valence-corrected chi connectivity index (χ2v) is 7.05. The zero-order valence-electron chi connectivity index (χ0n) is 15.1. The predicted molar refractivity (Wildman–Crippen MR) is 99.5 cm³/mol. The number of nitrogens with one attached hydrogen (secondary N) is 2. The van der Waals surface area contributed by atoms with E-state index in [9.17, 15) is 19.5 Å². The van der Waals surface area contributed by atoms with Gasteiger partial charge in [-0.2, -0.15) is 0 Å². The molecule has 3 atom stereocenters. The van der Waals surface area contributed by atoms with E-state index in [0.717, 1.165) is 16.5 Å². The number of rotatable bonds is 6. The van der Waals surface area contributed by atoms with Crippen molar-refractivity contribution in [1.82, 2.24) is 15.2 Å². The van der Waals surface area contributed by atoms with Crippen LogP contribution in [0.2, 0.25) is 0 Å². The van der Waals surface area contributed by atoms with Crippen molar-refractivity contribution < 1.29 is 19.5 Å². The SMILES string of the molecule is Cn1cc(CC(=O)N[C@@H]2C[C@H](C(=O)NCC(N)=O)C[C@H]2O)c2ccccc21. The molecule has 1 fully saturated rings. The van der Waals surface area contributed by atoms with Gasteiger partial charge in [0.1, 0.15) is 0 Å². The van der Waals surface area contributed by atoms with E-state index in [1.165, 1.54) is 0 Å². The first-order valence-electron chi connectivity index (χ1n) is 8.91. The number of aliphatic hydroxyl groups is 1. The lowest BCUT2D eigenvalue weighted by Crippen LogP contribution is -2.41. The van der Waals surface area contributed by atoms with E-state index in [4.69, 9.17) is 5.73 Å². The molecule has 1 aromatic carbocycles. The summed E-state index contributed by atoms with van der Waals surface area (Å²) in [4.78, 5) is 35.2. The molecular formula is C19H24N4O4. The van der Waals surface area contributed by atoms with Crippen molar-refractivity contribution in [2.75, 3.05) is 6.54 Å². The number of nitrogens with two attached hydrogens (primary N) is 1. The molecule has 8 nitrogen and oxygen atoms in total. The van der Waals surface area contributed by atoms with E-state index < -0.39 is 24.0 Å². The van der Waals surface area contributed by atoms with Crippen molar-refractivity contribution in [3.63, 3.8) is 0 Å². The number of benzene rings is 1. The lowest BCUT2D eigenvalue weighted by Gasteiger charge is -2.16. The maximum absolute atomic E-state index is 12.5. The van der Waals surface area contributed by atoms with E-state index in [-0.39, 0.29) is 31.2 Å². The smallest absolute Gasteiger partial charge is 0.236 e. The second-order valence-electron chi connectivity index (χ2n) is 7.05. The summed E-state index contributed by atoms with van der Waals surface area (Å²) < 4.78 is 1.97. The number of amides is 3. The first kappa shape index (κ1) is 18.9. The van der Waals surface area contributed by atoms with Gasteiger partial charge in [-0.15, -0.1) is 0 Å². The number of hydrogen-bond donors (Lipinski definition) is 4. The number of aromatic nitrogens is 1. The van der Waals surface area contributed by atoms with Crippen LogP contribution in [0.1, 0.15) is 18.4 Å². The minimum atomic E-state index is -0.800. The molecule has 0 spiro atoms. The lowest BCUT2D eigenvalue weighted by molar-refractivity contribution is -0.127. The summed E-state index contributed by atoms with van der Waals surface area (Å²) in [6, 6.07) is 7.36. The molecule has 0 aliphatic heterocycles. The van der Waals surface area contributed by atoms with Crippen LogP contribution in [-0.4, -0.2) is 46.1 Å². The van der Waals surface area contributed by atoms with Gasteiger partial charge in [0.05, 0.1) is 25.1 Å². The van der Waals surface area contributed by atoms with Crippen molar-refractivity contribution in [3.05, 3.63) is 36.0 Å². The highest BCUT2D eigenvalue weighted by atomic mass is 16.3. The Morgan fingerprint density at radius 2 is 2.00 bits per heavy atom. The zero-order chi connectivity index (χ0) is 19.6. The van der Waals surface area contributed by atoms with Gasteiger partial charge in [-0.25, -0.2) is 0 Å². The first-order valence-corrected chi connectivity index (χ1v) is 8.91. The number of hydrogen-bond acceptors (Lipinski definition) is 4. The number of fused-ring (bicyclic) bond motifs is 1. The summed E-state index contributed by atoms with van der Waals surface area (Å²) in [6.07, 6.45) is 1.89. The monoisotopic (exact) mass is 372 g/mol. The van der Waals surface area contributed by atoms with Crippen molar-refractivity contribution in [2.24, 2.45) is 18.7 Å². The van der Waals surface area contributed by atoms with Gasteiger partial charge in [0.2, 0.25) is 17.7 Å². The molecule has 0 radical (unpaired) electrons. The molecule has 1 aromatic heterocycles. The average Bonchev–Trinajstić information content (AvgIpc) is 3.14. The van der Waals surface area contributed by atoms with Crippen LogP contribution >= 0.6 is 0 Å². The number of primary amides is 1. The topological polar surface area (TPSA) is 126 Å². The molecule has 1 heterocycles. The molecule has 8 heteroatoms. The maximum Gasteiger partial charge on any atom is 0.236 e. The van der Waals surface area contributed by atoms with Crippen LogP contribution in [0.3, 0.4) is 0 Å². The second kappa shape index (κ2) is 7.79.